The molecule has 0 fully saturated rings. The van der Waals surface area contributed by atoms with Crippen LogP contribution >= 0.6 is 15.9 Å². The molecule has 3 aromatic carbocycles. The number of hydrogen-bond acceptors (Lipinski definition) is 6. The Bertz CT molecular complexity index is 1050. The Hall–Kier alpha value is -3.39. The number of halogens is 1. The zero-order valence-electron chi connectivity index (χ0n) is 16.4. The van der Waals surface area contributed by atoms with Gasteiger partial charge >= 0.3 is 0 Å². The number of nitro groups is 1. The molecule has 0 aliphatic carbocycles. The highest BCUT2D eigenvalue weighted by Gasteiger charge is 2.12. The summed E-state index contributed by atoms with van der Waals surface area (Å²) in [6.07, 6.45) is 1.73. The molecule has 0 bridgehead atoms. The third kappa shape index (κ3) is 5.36. The lowest BCUT2D eigenvalue weighted by molar-refractivity contribution is -0.384. The number of methoxy groups -OCH3 is 2. The molecule has 154 valence electrons. The van der Waals surface area contributed by atoms with Gasteiger partial charge in [0.2, 0.25) is 0 Å². The van der Waals surface area contributed by atoms with Crippen LogP contribution in [-0.2, 0) is 6.61 Å². The SMILES string of the molecule is COc1ccc(N=Cc2cc(Br)c(OCc3ccc([N+](=O)[O-])cc3)c(OC)c2)cc1. The first kappa shape index (κ1) is 21.3. The summed E-state index contributed by atoms with van der Waals surface area (Å²) in [5.41, 5.74) is 2.47. The first-order valence-electron chi connectivity index (χ1n) is 8.92. The maximum absolute atomic E-state index is 10.8. The van der Waals surface area contributed by atoms with Crippen LogP contribution in [0, 0.1) is 10.1 Å². The summed E-state index contributed by atoms with van der Waals surface area (Å²) in [7, 11) is 3.18. The molecule has 0 aliphatic rings. The van der Waals surface area contributed by atoms with E-state index in [1.54, 1.807) is 32.6 Å². The number of rotatable bonds is 8. The van der Waals surface area contributed by atoms with Crippen molar-refractivity contribution in [1.29, 1.82) is 0 Å². The second-order valence-corrected chi connectivity index (χ2v) is 7.06. The quantitative estimate of drug-likeness (QED) is 0.239. The van der Waals surface area contributed by atoms with Gasteiger partial charge in [-0.1, -0.05) is 0 Å². The van der Waals surface area contributed by atoms with Crippen molar-refractivity contribution in [2.24, 2.45) is 4.99 Å². The van der Waals surface area contributed by atoms with Crippen LogP contribution in [0.5, 0.6) is 17.2 Å². The van der Waals surface area contributed by atoms with E-state index < -0.39 is 4.92 Å². The Morgan fingerprint density at radius 1 is 1.03 bits per heavy atom. The minimum absolute atomic E-state index is 0.0398. The fourth-order valence-corrected chi connectivity index (χ4v) is 3.22. The molecule has 0 aliphatic heterocycles. The van der Waals surface area contributed by atoms with Gasteiger partial charge in [0.1, 0.15) is 12.4 Å². The fourth-order valence-electron chi connectivity index (χ4n) is 2.64. The van der Waals surface area contributed by atoms with Crippen LogP contribution in [-0.4, -0.2) is 25.4 Å². The normalized spacial score (nSPS) is 10.8. The summed E-state index contributed by atoms with van der Waals surface area (Å²) in [5.74, 6) is 1.85. The van der Waals surface area contributed by atoms with Crippen molar-refractivity contribution in [2.75, 3.05) is 14.2 Å². The van der Waals surface area contributed by atoms with E-state index in [2.05, 4.69) is 20.9 Å². The molecule has 0 amide bonds. The molecule has 7 nitrogen and oxygen atoms in total. The fraction of sp³-hybridized carbons (Fsp3) is 0.136. The van der Waals surface area contributed by atoms with Gasteiger partial charge in [-0.15, -0.1) is 0 Å². The van der Waals surface area contributed by atoms with Crippen LogP contribution in [0.1, 0.15) is 11.1 Å². The average molecular weight is 471 g/mol. The summed E-state index contributed by atoms with van der Waals surface area (Å²) >= 11 is 3.52. The van der Waals surface area contributed by atoms with Gasteiger partial charge in [0.05, 0.1) is 29.3 Å². The highest BCUT2D eigenvalue weighted by Crippen LogP contribution is 2.37. The third-order valence-corrected chi connectivity index (χ3v) is 4.81. The molecule has 30 heavy (non-hydrogen) atoms. The summed E-state index contributed by atoms with van der Waals surface area (Å²) in [4.78, 5) is 14.8. The van der Waals surface area contributed by atoms with Gasteiger partial charge in [0, 0.05) is 18.3 Å². The Kier molecular flexibility index (Phi) is 7.03. The maximum atomic E-state index is 10.8. The van der Waals surface area contributed by atoms with E-state index in [1.165, 1.54) is 12.1 Å². The number of aliphatic imine (C=N–C) groups is 1. The van der Waals surface area contributed by atoms with Crippen LogP contribution in [0.4, 0.5) is 11.4 Å². The van der Waals surface area contributed by atoms with Crippen molar-refractivity contribution >= 4 is 33.5 Å². The van der Waals surface area contributed by atoms with E-state index >= 15 is 0 Å². The molecule has 0 spiro atoms. The molecule has 0 saturated carbocycles. The van der Waals surface area contributed by atoms with Crippen molar-refractivity contribution in [3.8, 4) is 17.2 Å². The first-order chi connectivity index (χ1) is 14.5. The molecule has 0 heterocycles. The molecule has 0 N–H and O–H groups in total. The van der Waals surface area contributed by atoms with Crippen LogP contribution in [0.15, 0.2) is 70.1 Å². The van der Waals surface area contributed by atoms with E-state index in [0.717, 1.165) is 22.6 Å². The standard InChI is InChI=1S/C22H19BrN2O5/c1-28-19-9-5-17(6-10-19)24-13-16-11-20(23)22(21(12-16)29-2)30-14-15-3-7-18(8-4-15)25(26)27/h3-13H,14H2,1-2H3. The smallest absolute Gasteiger partial charge is 0.269 e. The van der Waals surface area contributed by atoms with Crippen LogP contribution < -0.4 is 14.2 Å². The molecule has 0 aromatic heterocycles. The lowest BCUT2D eigenvalue weighted by Crippen LogP contribution is -2.00. The molecule has 0 unspecified atom stereocenters. The highest BCUT2D eigenvalue weighted by molar-refractivity contribution is 9.10. The molecule has 3 rings (SSSR count). The average Bonchev–Trinajstić information content (AvgIpc) is 2.77. The minimum Gasteiger partial charge on any atom is -0.497 e. The summed E-state index contributed by atoms with van der Waals surface area (Å²) in [5, 5.41) is 10.8. The van der Waals surface area contributed by atoms with E-state index in [-0.39, 0.29) is 12.3 Å². The van der Waals surface area contributed by atoms with E-state index in [9.17, 15) is 10.1 Å². The molecule has 0 radical (unpaired) electrons. The summed E-state index contributed by atoms with van der Waals surface area (Å²) in [6.45, 7) is 0.242. The second kappa shape index (κ2) is 9.89. The van der Waals surface area contributed by atoms with Crippen molar-refractivity contribution in [2.45, 2.75) is 6.61 Å². The Morgan fingerprint density at radius 2 is 1.73 bits per heavy atom. The highest BCUT2D eigenvalue weighted by atomic mass is 79.9. The summed E-state index contributed by atoms with van der Waals surface area (Å²) in [6, 6.07) is 17.3. The predicted octanol–water partition coefficient (Wildman–Crippen LogP) is 5.70. The minimum atomic E-state index is -0.434. The number of ether oxygens (including phenoxy) is 3. The van der Waals surface area contributed by atoms with Gasteiger partial charge in [0.25, 0.3) is 5.69 Å². The van der Waals surface area contributed by atoms with Crippen molar-refractivity contribution in [3.05, 3.63) is 86.4 Å². The molecule has 8 heteroatoms. The molecule has 3 aromatic rings. The van der Waals surface area contributed by atoms with Crippen molar-refractivity contribution in [3.63, 3.8) is 0 Å². The van der Waals surface area contributed by atoms with Crippen LogP contribution in [0.3, 0.4) is 0 Å². The van der Waals surface area contributed by atoms with E-state index in [4.69, 9.17) is 14.2 Å². The van der Waals surface area contributed by atoms with Crippen molar-refractivity contribution < 1.29 is 19.1 Å². The van der Waals surface area contributed by atoms with Gasteiger partial charge in [-0.3, -0.25) is 15.1 Å². The topological polar surface area (TPSA) is 83.2 Å². The van der Waals surface area contributed by atoms with E-state index in [0.29, 0.717) is 16.0 Å². The first-order valence-corrected chi connectivity index (χ1v) is 9.71. The zero-order valence-corrected chi connectivity index (χ0v) is 18.0. The van der Waals surface area contributed by atoms with Crippen molar-refractivity contribution in [1.82, 2.24) is 0 Å². The Labute approximate surface area is 182 Å². The van der Waals surface area contributed by atoms with Gasteiger partial charge < -0.3 is 14.2 Å². The maximum Gasteiger partial charge on any atom is 0.269 e. The summed E-state index contributed by atoms with van der Waals surface area (Å²) < 4.78 is 17.2. The largest absolute Gasteiger partial charge is 0.497 e. The Morgan fingerprint density at radius 3 is 2.33 bits per heavy atom. The van der Waals surface area contributed by atoms with Gasteiger partial charge in [-0.25, -0.2) is 0 Å². The monoisotopic (exact) mass is 470 g/mol. The molecule has 0 atom stereocenters. The molecule has 0 saturated heterocycles. The number of nitro benzene ring substituents is 1. The number of hydrogen-bond donors (Lipinski definition) is 0. The lowest BCUT2D eigenvalue weighted by atomic mass is 10.2. The molecular weight excluding hydrogens is 452 g/mol. The van der Waals surface area contributed by atoms with Crippen LogP contribution in [0.2, 0.25) is 0 Å². The Balaban J connectivity index is 1.74. The van der Waals surface area contributed by atoms with Gasteiger partial charge in [-0.05, 0) is 75.6 Å². The number of nitrogens with zero attached hydrogens (tertiary/aromatic N) is 2. The third-order valence-electron chi connectivity index (χ3n) is 4.22. The molecular formula is C22H19BrN2O5. The number of non-ortho nitro benzene ring substituents is 1. The number of benzene rings is 3. The lowest BCUT2D eigenvalue weighted by Gasteiger charge is -2.13. The van der Waals surface area contributed by atoms with E-state index in [1.807, 2.05) is 36.4 Å². The van der Waals surface area contributed by atoms with Crippen LogP contribution in [0.25, 0.3) is 0 Å². The van der Waals surface area contributed by atoms with Gasteiger partial charge in [0.15, 0.2) is 11.5 Å². The predicted molar refractivity (Wildman–Crippen MR) is 118 cm³/mol. The van der Waals surface area contributed by atoms with Gasteiger partial charge in [-0.2, -0.15) is 0 Å². The zero-order chi connectivity index (χ0) is 21.5. The second-order valence-electron chi connectivity index (χ2n) is 6.20.